The smallest absolute Gasteiger partial charge is 0.244 e. The molecule has 1 aromatic rings. The van der Waals surface area contributed by atoms with Crippen molar-refractivity contribution >= 4 is 5.91 Å². The molecule has 1 N–H and O–H groups in total. The Morgan fingerprint density at radius 3 is 2.93 bits per heavy atom. The maximum Gasteiger partial charge on any atom is 0.244 e. The Hall–Kier alpha value is -1.32. The zero-order valence-corrected chi connectivity index (χ0v) is 8.53. The second-order valence-corrected chi connectivity index (χ2v) is 3.90. The summed E-state index contributed by atoms with van der Waals surface area (Å²) < 4.78 is 1.70. The van der Waals surface area contributed by atoms with Crippen LogP contribution in [0.3, 0.4) is 0 Å². The lowest BCUT2D eigenvalue weighted by Gasteiger charge is -2.11. The average Bonchev–Trinajstić information content (AvgIpc) is 2.85. The number of carbonyl (C=O) groups excluding carboxylic acids is 1. The Morgan fingerprint density at radius 2 is 2.43 bits per heavy atom. The van der Waals surface area contributed by atoms with E-state index in [9.17, 15) is 4.79 Å². The second-order valence-electron chi connectivity index (χ2n) is 3.90. The van der Waals surface area contributed by atoms with Crippen LogP contribution in [0.5, 0.6) is 0 Å². The highest BCUT2D eigenvalue weighted by Crippen LogP contribution is 2.19. The van der Waals surface area contributed by atoms with Crippen molar-refractivity contribution in [2.45, 2.75) is 38.8 Å². The number of aromatic nitrogens is 2. The van der Waals surface area contributed by atoms with Gasteiger partial charge in [-0.2, -0.15) is 5.10 Å². The Balaban J connectivity index is 1.99. The summed E-state index contributed by atoms with van der Waals surface area (Å²) in [5, 5.41) is 7.18. The quantitative estimate of drug-likeness (QED) is 0.779. The van der Waals surface area contributed by atoms with Crippen molar-refractivity contribution in [2.24, 2.45) is 0 Å². The van der Waals surface area contributed by atoms with Crippen LogP contribution < -0.4 is 5.32 Å². The number of amides is 1. The van der Waals surface area contributed by atoms with Gasteiger partial charge in [0.05, 0.1) is 5.69 Å². The number of nitrogens with one attached hydrogen (secondary N) is 1. The van der Waals surface area contributed by atoms with Crippen molar-refractivity contribution < 1.29 is 4.79 Å². The molecule has 0 radical (unpaired) electrons. The summed E-state index contributed by atoms with van der Waals surface area (Å²) in [6.45, 7) is 3.78. The van der Waals surface area contributed by atoms with E-state index in [1.54, 1.807) is 4.68 Å². The molecule has 0 aliphatic heterocycles. The molecule has 0 aromatic carbocycles. The summed E-state index contributed by atoms with van der Waals surface area (Å²) in [5.74, 6) is 0.0654. The monoisotopic (exact) mass is 193 g/mol. The predicted molar refractivity (Wildman–Crippen MR) is 52.8 cm³/mol. The van der Waals surface area contributed by atoms with Gasteiger partial charge in [-0.15, -0.1) is 0 Å². The van der Waals surface area contributed by atoms with Crippen LogP contribution in [0.15, 0.2) is 12.3 Å². The highest BCUT2D eigenvalue weighted by atomic mass is 16.2. The van der Waals surface area contributed by atoms with E-state index in [1.165, 1.54) is 0 Å². The lowest BCUT2D eigenvalue weighted by molar-refractivity contribution is -0.124. The fourth-order valence-corrected chi connectivity index (χ4v) is 1.32. The molecule has 0 spiro atoms. The van der Waals surface area contributed by atoms with E-state index < -0.39 is 0 Å². The van der Waals surface area contributed by atoms with Gasteiger partial charge < -0.3 is 5.32 Å². The first-order valence-corrected chi connectivity index (χ1v) is 4.99. The minimum atomic E-state index is -0.204. The van der Waals surface area contributed by atoms with E-state index in [1.807, 2.05) is 26.1 Å². The van der Waals surface area contributed by atoms with Crippen LogP contribution in [-0.2, 0) is 4.79 Å². The van der Waals surface area contributed by atoms with Crippen LogP contribution >= 0.6 is 0 Å². The average molecular weight is 193 g/mol. The van der Waals surface area contributed by atoms with Gasteiger partial charge in [-0.25, -0.2) is 0 Å². The SMILES string of the molecule is Cc1ccn(C(C)C(=O)NC2CC2)n1. The molecule has 76 valence electrons. The van der Waals surface area contributed by atoms with E-state index in [-0.39, 0.29) is 11.9 Å². The maximum absolute atomic E-state index is 11.6. The van der Waals surface area contributed by atoms with E-state index in [0.717, 1.165) is 18.5 Å². The third-order valence-corrected chi connectivity index (χ3v) is 2.44. The molecule has 1 heterocycles. The molecule has 4 nitrogen and oxygen atoms in total. The fourth-order valence-electron chi connectivity index (χ4n) is 1.32. The molecule has 1 saturated carbocycles. The summed E-state index contributed by atoms with van der Waals surface area (Å²) in [5.41, 5.74) is 0.941. The van der Waals surface area contributed by atoms with Crippen LogP contribution in [0.1, 0.15) is 31.5 Å². The summed E-state index contributed by atoms with van der Waals surface area (Å²) >= 11 is 0. The van der Waals surface area contributed by atoms with Crippen LogP contribution in [-0.4, -0.2) is 21.7 Å². The zero-order valence-electron chi connectivity index (χ0n) is 8.53. The molecule has 0 saturated heterocycles. The lowest BCUT2D eigenvalue weighted by atomic mass is 10.3. The van der Waals surface area contributed by atoms with Gasteiger partial charge in [0.1, 0.15) is 6.04 Å². The Kier molecular flexibility index (Phi) is 2.27. The van der Waals surface area contributed by atoms with Gasteiger partial charge in [-0.05, 0) is 32.8 Å². The zero-order chi connectivity index (χ0) is 10.1. The molecule has 1 fully saturated rings. The molecule has 1 aromatic heterocycles. The van der Waals surface area contributed by atoms with E-state index in [2.05, 4.69) is 10.4 Å². The van der Waals surface area contributed by atoms with E-state index >= 15 is 0 Å². The summed E-state index contributed by atoms with van der Waals surface area (Å²) in [6, 6.07) is 2.12. The largest absolute Gasteiger partial charge is 0.352 e. The molecule has 1 atom stereocenters. The summed E-state index contributed by atoms with van der Waals surface area (Å²) in [6.07, 6.45) is 4.08. The maximum atomic E-state index is 11.6. The number of rotatable bonds is 3. The Bertz CT molecular complexity index is 341. The molecule has 1 aliphatic rings. The first-order chi connectivity index (χ1) is 6.66. The molecule has 2 rings (SSSR count). The molecule has 1 aliphatic carbocycles. The van der Waals surface area contributed by atoms with Gasteiger partial charge in [0.2, 0.25) is 5.91 Å². The number of carbonyl (C=O) groups is 1. The van der Waals surface area contributed by atoms with Crippen LogP contribution in [0.4, 0.5) is 0 Å². The molecule has 1 unspecified atom stereocenters. The topological polar surface area (TPSA) is 46.9 Å². The van der Waals surface area contributed by atoms with Crippen molar-refractivity contribution in [2.75, 3.05) is 0 Å². The van der Waals surface area contributed by atoms with Gasteiger partial charge in [-0.1, -0.05) is 0 Å². The summed E-state index contributed by atoms with van der Waals surface area (Å²) in [7, 11) is 0. The standard InChI is InChI=1S/C10H15N3O/c1-7-5-6-13(12-7)8(2)10(14)11-9-3-4-9/h5-6,8-9H,3-4H2,1-2H3,(H,11,14). The highest BCUT2D eigenvalue weighted by molar-refractivity contribution is 5.80. The molecular weight excluding hydrogens is 178 g/mol. The molecular formula is C10H15N3O. The first-order valence-electron chi connectivity index (χ1n) is 4.99. The highest BCUT2D eigenvalue weighted by Gasteiger charge is 2.26. The van der Waals surface area contributed by atoms with Crippen LogP contribution in [0.25, 0.3) is 0 Å². The Labute approximate surface area is 83.3 Å². The van der Waals surface area contributed by atoms with Gasteiger partial charge >= 0.3 is 0 Å². The minimum Gasteiger partial charge on any atom is -0.352 e. The van der Waals surface area contributed by atoms with Crippen LogP contribution in [0, 0.1) is 6.92 Å². The predicted octanol–water partition coefficient (Wildman–Crippen LogP) is 1.03. The van der Waals surface area contributed by atoms with Crippen molar-refractivity contribution in [1.82, 2.24) is 15.1 Å². The fraction of sp³-hybridized carbons (Fsp3) is 0.600. The van der Waals surface area contributed by atoms with Crippen molar-refractivity contribution in [3.8, 4) is 0 Å². The lowest BCUT2D eigenvalue weighted by Crippen LogP contribution is -2.32. The van der Waals surface area contributed by atoms with Crippen molar-refractivity contribution in [3.05, 3.63) is 18.0 Å². The molecule has 0 bridgehead atoms. The van der Waals surface area contributed by atoms with Crippen molar-refractivity contribution in [1.29, 1.82) is 0 Å². The van der Waals surface area contributed by atoms with E-state index in [0.29, 0.717) is 6.04 Å². The van der Waals surface area contributed by atoms with Crippen LogP contribution in [0.2, 0.25) is 0 Å². The normalized spacial score (nSPS) is 17.9. The minimum absolute atomic E-state index is 0.0654. The van der Waals surface area contributed by atoms with E-state index in [4.69, 9.17) is 0 Å². The first kappa shape index (κ1) is 9.24. The third kappa shape index (κ3) is 1.95. The third-order valence-electron chi connectivity index (χ3n) is 2.44. The summed E-state index contributed by atoms with van der Waals surface area (Å²) in [4.78, 5) is 11.6. The Morgan fingerprint density at radius 1 is 1.71 bits per heavy atom. The number of hydrogen-bond acceptors (Lipinski definition) is 2. The van der Waals surface area contributed by atoms with Gasteiger partial charge in [0, 0.05) is 12.2 Å². The van der Waals surface area contributed by atoms with Gasteiger partial charge in [0.25, 0.3) is 0 Å². The van der Waals surface area contributed by atoms with Gasteiger partial charge in [-0.3, -0.25) is 9.48 Å². The molecule has 14 heavy (non-hydrogen) atoms. The molecule has 4 heteroatoms. The second kappa shape index (κ2) is 3.44. The number of hydrogen-bond donors (Lipinski definition) is 1. The van der Waals surface area contributed by atoms with Gasteiger partial charge in [0.15, 0.2) is 0 Å². The van der Waals surface area contributed by atoms with Crippen molar-refractivity contribution in [3.63, 3.8) is 0 Å². The number of aryl methyl sites for hydroxylation is 1. The molecule has 1 amide bonds. The number of nitrogens with zero attached hydrogens (tertiary/aromatic N) is 2.